The molecule has 3 aromatic rings. The molecule has 2 aromatic carbocycles. The lowest BCUT2D eigenvalue weighted by Gasteiger charge is -2.11. The standard InChI is InChI=1S/C21H20N2O4/c1-26-18-11-10-16(13-19(18)27-2)22-20(24)17-9-6-12-23(21(17)25)14-15-7-4-3-5-8-15/h3-13H,14H2,1-2H3,(H,22,24). The van der Waals surface area contributed by atoms with E-state index in [0.29, 0.717) is 23.7 Å². The molecule has 0 fully saturated rings. The third kappa shape index (κ3) is 4.17. The molecule has 0 radical (unpaired) electrons. The molecule has 0 aliphatic rings. The van der Waals surface area contributed by atoms with Gasteiger partial charge in [-0.3, -0.25) is 9.59 Å². The van der Waals surface area contributed by atoms with E-state index in [9.17, 15) is 9.59 Å². The Morgan fingerprint density at radius 3 is 2.41 bits per heavy atom. The van der Waals surface area contributed by atoms with E-state index in [1.54, 1.807) is 30.5 Å². The molecule has 3 rings (SSSR count). The van der Waals surface area contributed by atoms with Crippen molar-refractivity contribution >= 4 is 11.6 Å². The van der Waals surface area contributed by atoms with Crippen molar-refractivity contribution in [2.75, 3.05) is 19.5 Å². The van der Waals surface area contributed by atoms with Gasteiger partial charge in [0, 0.05) is 18.0 Å². The second kappa shape index (κ2) is 8.23. The van der Waals surface area contributed by atoms with E-state index in [1.165, 1.54) is 24.9 Å². The van der Waals surface area contributed by atoms with E-state index in [-0.39, 0.29) is 11.1 Å². The number of methoxy groups -OCH3 is 2. The van der Waals surface area contributed by atoms with E-state index in [2.05, 4.69) is 5.32 Å². The molecule has 6 nitrogen and oxygen atoms in total. The van der Waals surface area contributed by atoms with Crippen LogP contribution in [0.1, 0.15) is 15.9 Å². The molecule has 1 amide bonds. The number of carbonyl (C=O) groups is 1. The van der Waals surface area contributed by atoms with Gasteiger partial charge < -0.3 is 19.4 Å². The lowest BCUT2D eigenvalue weighted by molar-refractivity contribution is 0.102. The number of benzene rings is 2. The summed E-state index contributed by atoms with van der Waals surface area (Å²) < 4.78 is 11.9. The molecule has 0 saturated heterocycles. The highest BCUT2D eigenvalue weighted by atomic mass is 16.5. The molecule has 0 spiro atoms. The highest BCUT2D eigenvalue weighted by Crippen LogP contribution is 2.29. The molecule has 1 aromatic heterocycles. The van der Waals surface area contributed by atoms with Crippen LogP contribution in [0.4, 0.5) is 5.69 Å². The van der Waals surface area contributed by atoms with Gasteiger partial charge in [-0.15, -0.1) is 0 Å². The third-order valence-corrected chi connectivity index (χ3v) is 4.10. The minimum atomic E-state index is -0.477. The summed E-state index contributed by atoms with van der Waals surface area (Å²) in [6, 6.07) is 17.8. The number of rotatable bonds is 6. The van der Waals surface area contributed by atoms with Crippen LogP contribution in [0.2, 0.25) is 0 Å². The summed E-state index contributed by atoms with van der Waals surface area (Å²) in [5.41, 5.74) is 1.22. The Morgan fingerprint density at radius 1 is 0.963 bits per heavy atom. The maximum Gasteiger partial charge on any atom is 0.263 e. The number of nitrogens with one attached hydrogen (secondary N) is 1. The highest BCUT2D eigenvalue weighted by Gasteiger charge is 2.14. The summed E-state index contributed by atoms with van der Waals surface area (Å²) in [4.78, 5) is 25.3. The Kier molecular flexibility index (Phi) is 5.56. The van der Waals surface area contributed by atoms with Gasteiger partial charge >= 0.3 is 0 Å². The number of hydrogen-bond acceptors (Lipinski definition) is 4. The molecule has 1 N–H and O–H groups in total. The van der Waals surface area contributed by atoms with E-state index in [1.807, 2.05) is 30.3 Å². The summed E-state index contributed by atoms with van der Waals surface area (Å²) in [6.45, 7) is 0.400. The van der Waals surface area contributed by atoms with Gasteiger partial charge in [0.05, 0.1) is 20.8 Å². The number of aromatic nitrogens is 1. The number of pyridine rings is 1. The number of hydrogen-bond donors (Lipinski definition) is 1. The summed E-state index contributed by atoms with van der Waals surface area (Å²) in [6.07, 6.45) is 1.67. The number of carbonyl (C=O) groups excluding carboxylic acids is 1. The summed E-state index contributed by atoms with van der Waals surface area (Å²) >= 11 is 0. The Hall–Kier alpha value is -3.54. The quantitative estimate of drug-likeness (QED) is 0.729. The largest absolute Gasteiger partial charge is 0.493 e. The molecule has 0 atom stereocenters. The maximum absolute atomic E-state index is 12.7. The molecular formula is C21H20N2O4. The lowest BCUT2D eigenvalue weighted by Crippen LogP contribution is -2.29. The SMILES string of the molecule is COc1ccc(NC(=O)c2cccn(Cc3ccccc3)c2=O)cc1OC. The Morgan fingerprint density at radius 2 is 1.70 bits per heavy atom. The third-order valence-electron chi connectivity index (χ3n) is 4.10. The van der Waals surface area contributed by atoms with Gasteiger partial charge in [0.1, 0.15) is 5.56 Å². The first-order valence-electron chi connectivity index (χ1n) is 8.39. The van der Waals surface area contributed by atoms with Gasteiger partial charge in [-0.1, -0.05) is 30.3 Å². The Labute approximate surface area is 157 Å². The number of anilines is 1. The van der Waals surface area contributed by atoms with Crippen LogP contribution in [0.15, 0.2) is 71.7 Å². The van der Waals surface area contributed by atoms with Gasteiger partial charge in [-0.25, -0.2) is 0 Å². The van der Waals surface area contributed by atoms with Crippen molar-refractivity contribution in [3.05, 3.63) is 88.3 Å². The minimum absolute atomic E-state index is 0.0724. The van der Waals surface area contributed by atoms with Crippen molar-refractivity contribution in [1.82, 2.24) is 4.57 Å². The van der Waals surface area contributed by atoms with Crippen LogP contribution >= 0.6 is 0 Å². The van der Waals surface area contributed by atoms with Gasteiger partial charge in [-0.05, 0) is 29.8 Å². The highest BCUT2D eigenvalue weighted by molar-refractivity contribution is 6.04. The van der Waals surface area contributed by atoms with Crippen LogP contribution in [-0.2, 0) is 6.54 Å². The van der Waals surface area contributed by atoms with Crippen LogP contribution in [0.5, 0.6) is 11.5 Å². The Bertz CT molecular complexity index is 997. The van der Waals surface area contributed by atoms with E-state index >= 15 is 0 Å². The molecule has 1 heterocycles. The number of nitrogens with zero attached hydrogens (tertiary/aromatic N) is 1. The fourth-order valence-electron chi connectivity index (χ4n) is 2.73. The molecule has 27 heavy (non-hydrogen) atoms. The van der Waals surface area contributed by atoms with Crippen LogP contribution in [-0.4, -0.2) is 24.7 Å². The normalized spacial score (nSPS) is 10.3. The van der Waals surface area contributed by atoms with E-state index in [0.717, 1.165) is 5.56 Å². The molecule has 6 heteroatoms. The fraction of sp³-hybridized carbons (Fsp3) is 0.143. The van der Waals surface area contributed by atoms with Crippen molar-refractivity contribution in [3.63, 3.8) is 0 Å². The molecular weight excluding hydrogens is 344 g/mol. The van der Waals surface area contributed by atoms with E-state index < -0.39 is 5.91 Å². The minimum Gasteiger partial charge on any atom is -0.493 e. The predicted octanol–water partition coefficient (Wildman–Crippen LogP) is 3.17. The van der Waals surface area contributed by atoms with Crippen molar-refractivity contribution < 1.29 is 14.3 Å². The van der Waals surface area contributed by atoms with Crippen LogP contribution in [0.3, 0.4) is 0 Å². The number of amides is 1. The van der Waals surface area contributed by atoms with Crippen molar-refractivity contribution in [1.29, 1.82) is 0 Å². The zero-order chi connectivity index (χ0) is 19.2. The molecule has 0 bridgehead atoms. The Balaban J connectivity index is 1.83. The zero-order valence-electron chi connectivity index (χ0n) is 15.1. The molecule has 0 saturated carbocycles. The van der Waals surface area contributed by atoms with Crippen LogP contribution in [0, 0.1) is 0 Å². The molecule has 138 valence electrons. The summed E-state index contributed by atoms with van der Waals surface area (Å²) in [7, 11) is 3.05. The first-order valence-corrected chi connectivity index (χ1v) is 8.39. The van der Waals surface area contributed by atoms with Crippen molar-refractivity contribution in [2.24, 2.45) is 0 Å². The van der Waals surface area contributed by atoms with Crippen molar-refractivity contribution in [3.8, 4) is 11.5 Å². The van der Waals surface area contributed by atoms with Gasteiger partial charge in [0.25, 0.3) is 11.5 Å². The fourth-order valence-corrected chi connectivity index (χ4v) is 2.73. The van der Waals surface area contributed by atoms with Crippen LogP contribution in [0.25, 0.3) is 0 Å². The second-order valence-corrected chi connectivity index (χ2v) is 5.86. The van der Waals surface area contributed by atoms with Gasteiger partial charge in [0.15, 0.2) is 11.5 Å². The van der Waals surface area contributed by atoms with Gasteiger partial charge in [0.2, 0.25) is 0 Å². The summed E-state index contributed by atoms with van der Waals surface area (Å²) in [5.74, 6) is 0.569. The monoisotopic (exact) mass is 364 g/mol. The molecule has 0 unspecified atom stereocenters. The van der Waals surface area contributed by atoms with Crippen molar-refractivity contribution in [2.45, 2.75) is 6.54 Å². The summed E-state index contributed by atoms with van der Waals surface area (Å²) in [5, 5.41) is 2.73. The number of ether oxygens (including phenoxy) is 2. The smallest absolute Gasteiger partial charge is 0.263 e. The van der Waals surface area contributed by atoms with E-state index in [4.69, 9.17) is 9.47 Å². The van der Waals surface area contributed by atoms with Gasteiger partial charge in [-0.2, -0.15) is 0 Å². The zero-order valence-corrected chi connectivity index (χ0v) is 15.1. The average Bonchev–Trinajstić information content (AvgIpc) is 2.70. The van der Waals surface area contributed by atoms with Crippen LogP contribution < -0.4 is 20.3 Å². The lowest BCUT2D eigenvalue weighted by atomic mass is 10.2. The molecule has 0 aliphatic heterocycles. The second-order valence-electron chi connectivity index (χ2n) is 5.86. The first kappa shape index (κ1) is 18.3. The predicted molar refractivity (Wildman–Crippen MR) is 104 cm³/mol. The first-order chi connectivity index (χ1) is 13.1. The molecule has 0 aliphatic carbocycles. The topological polar surface area (TPSA) is 69.6 Å². The average molecular weight is 364 g/mol. The maximum atomic E-state index is 12.7.